The van der Waals surface area contributed by atoms with Crippen LogP contribution in [0, 0.1) is 5.92 Å². The Balaban J connectivity index is 1.82. The molecule has 0 amide bonds. The summed E-state index contributed by atoms with van der Waals surface area (Å²) in [7, 11) is -0.117. The zero-order valence-corrected chi connectivity index (χ0v) is 22.8. The number of esters is 1. The van der Waals surface area contributed by atoms with Crippen molar-refractivity contribution in [2.24, 2.45) is 5.92 Å². The first-order valence-electron chi connectivity index (χ1n) is 12.1. The van der Waals surface area contributed by atoms with Crippen molar-refractivity contribution in [1.82, 2.24) is 9.78 Å². The lowest BCUT2D eigenvalue weighted by atomic mass is 10.1. The lowest BCUT2D eigenvalue weighted by Gasteiger charge is -2.29. The number of carbonyl (C=O) groups excluding carboxylic acids is 1. The second kappa shape index (κ2) is 11.7. The molecule has 0 N–H and O–H groups in total. The summed E-state index contributed by atoms with van der Waals surface area (Å²) in [5.41, 5.74) is -2.46. The first-order chi connectivity index (χ1) is 17.3. The van der Waals surface area contributed by atoms with Crippen LogP contribution in [0.25, 0.3) is 0 Å². The number of benzene rings is 1. The Labute approximate surface area is 215 Å². The number of methoxy groups -OCH3 is 1. The van der Waals surface area contributed by atoms with E-state index in [1.807, 2.05) is 6.92 Å². The zero-order valence-electron chi connectivity index (χ0n) is 21.8. The Hall–Kier alpha value is -2.86. The summed E-state index contributed by atoms with van der Waals surface area (Å²) in [6, 6.07) is 6.77. The molecule has 2 atom stereocenters. The number of rotatable bonds is 10. The highest BCUT2D eigenvalue weighted by atomic mass is 28.3. The van der Waals surface area contributed by atoms with Gasteiger partial charge in [0.2, 0.25) is 0 Å². The smallest absolute Gasteiger partial charge is 0.423 e. The van der Waals surface area contributed by atoms with Gasteiger partial charge >= 0.3 is 12.1 Å². The predicted octanol–water partition coefficient (Wildman–Crippen LogP) is 4.65. The van der Waals surface area contributed by atoms with Gasteiger partial charge in [-0.3, -0.25) is 4.79 Å². The molecule has 37 heavy (non-hydrogen) atoms. The Morgan fingerprint density at radius 3 is 2.62 bits per heavy atom. The quantitative estimate of drug-likeness (QED) is 0.246. The molecule has 3 rings (SSSR count). The summed E-state index contributed by atoms with van der Waals surface area (Å²) in [5.74, 6) is -0.0571. The average Bonchev–Trinajstić information content (AvgIpc) is 3.19. The van der Waals surface area contributed by atoms with Crippen LogP contribution in [0.3, 0.4) is 0 Å². The Morgan fingerprint density at radius 1 is 1.24 bits per heavy atom. The predicted molar refractivity (Wildman–Crippen MR) is 136 cm³/mol. The molecule has 1 aliphatic rings. The van der Waals surface area contributed by atoms with E-state index in [4.69, 9.17) is 14.2 Å². The van der Waals surface area contributed by atoms with Gasteiger partial charge in [-0.2, -0.15) is 18.3 Å². The number of aromatic nitrogens is 2. The van der Waals surface area contributed by atoms with E-state index in [-0.39, 0.29) is 24.9 Å². The summed E-state index contributed by atoms with van der Waals surface area (Å²) < 4.78 is 59.2. The number of hydrogen-bond donors (Lipinski definition) is 0. The highest BCUT2D eigenvalue weighted by Gasteiger charge is 2.42. The van der Waals surface area contributed by atoms with Crippen LogP contribution < -0.4 is 15.2 Å². The third-order valence-corrected chi connectivity index (χ3v) is 7.85. The van der Waals surface area contributed by atoms with Crippen LogP contribution in [-0.2, 0) is 22.4 Å². The van der Waals surface area contributed by atoms with Crippen molar-refractivity contribution >= 4 is 19.7 Å². The highest BCUT2D eigenvalue weighted by molar-refractivity contribution is 6.76. The van der Waals surface area contributed by atoms with E-state index in [0.717, 1.165) is 16.9 Å². The van der Waals surface area contributed by atoms with E-state index in [1.165, 1.54) is 13.2 Å². The fraction of sp³-hybridized carbons (Fsp3) is 0.560. The SMILES string of the molecule is COC(=O)c1cccc(OC[C@@H]2C[C@@H](C)CN2c2cnn(COCC[Si](C)(C)C)c(=O)c2C(F)(F)F)c1. The molecular weight excluding hydrogens is 507 g/mol. The molecule has 0 unspecified atom stereocenters. The largest absolute Gasteiger partial charge is 0.491 e. The second-order valence-electron chi connectivity index (χ2n) is 10.5. The standard InChI is InChI=1S/C25H34F3N3O5Si/c1-17-11-19(15-36-20-8-6-7-18(12-20)24(33)34-2)30(14-17)21-13-29-31(16-35-9-10-37(3,4)5)23(32)22(21)25(26,27)28/h6-8,12-13,17,19H,9-11,14-16H2,1-5H3/t17-,19+/m1/s1. The fourth-order valence-electron chi connectivity index (χ4n) is 4.21. The first-order valence-corrected chi connectivity index (χ1v) is 15.8. The van der Waals surface area contributed by atoms with E-state index in [9.17, 15) is 22.8 Å². The minimum Gasteiger partial charge on any atom is -0.491 e. The summed E-state index contributed by atoms with van der Waals surface area (Å²) in [4.78, 5) is 26.2. The van der Waals surface area contributed by atoms with Gasteiger partial charge in [0.15, 0.2) is 0 Å². The van der Waals surface area contributed by atoms with E-state index in [0.29, 0.717) is 30.9 Å². The topological polar surface area (TPSA) is 82.9 Å². The minimum atomic E-state index is -4.87. The van der Waals surface area contributed by atoms with Gasteiger partial charge in [0.1, 0.15) is 24.7 Å². The van der Waals surface area contributed by atoms with Gasteiger partial charge in [0.05, 0.1) is 30.6 Å². The van der Waals surface area contributed by atoms with Crippen molar-refractivity contribution in [1.29, 1.82) is 0 Å². The number of hydrogen-bond acceptors (Lipinski definition) is 7. The molecule has 0 bridgehead atoms. The van der Waals surface area contributed by atoms with Gasteiger partial charge in [-0.15, -0.1) is 0 Å². The number of alkyl halides is 3. The number of nitrogens with zero attached hydrogens (tertiary/aromatic N) is 3. The van der Waals surface area contributed by atoms with Crippen LogP contribution in [0.5, 0.6) is 5.75 Å². The van der Waals surface area contributed by atoms with Crippen LogP contribution >= 0.6 is 0 Å². The van der Waals surface area contributed by atoms with Gasteiger partial charge in [-0.1, -0.05) is 32.6 Å². The molecule has 2 heterocycles. The van der Waals surface area contributed by atoms with Crippen molar-refractivity contribution in [2.45, 2.75) is 58.0 Å². The fourth-order valence-corrected chi connectivity index (χ4v) is 4.97. The minimum absolute atomic E-state index is 0.0646. The van der Waals surface area contributed by atoms with Crippen LogP contribution in [0.1, 0.15) is 29.3 Å². The second-order valence-corrected chi connectivity index (χ2v) is 16.2. The summed E-state index contributed by atoms with van der Waals surface area (Å²) >= 11 is 0. The van der Waals surface area contributed by atoms with E-state index in [1.54, 1.807) is 23.1 Å². The van der Waals surface area contributed by atoms with Crippen molar-refractivity contribution in [3.8, 4) is 5.75 Å². The number of carbonyl (C=O) groups is 1. The molecule has 0 saturated carbocycles. The molecule has 204 valence electrons. The van der Waals surface area contributed by atoms with Gasteiger partial charge in [0, 0.05) is 21.2 Å². The molecule has 0 aliphatic carbocycles. The molecule has 1 aliphatic heterocycles. The normalized spacial score (nSPS) is 18.2. The van der Waals surface area contributed by atoms with E-state index < -0.39 is 37.4 Å². The highest BCUT2D eigenvalue weighted by Crippen LogP contribution is 2.37. The molecule has 1 fully saturated rings. The lowest BCUT2D eigenvalue weighted by molar-refractivity contribution is -0.138. The van der Waals surface area contributed by atoms with Gasteiger partial charge in [-0.05, 0) is 36.6 Å². The molecule has 8 nitrogen and oxygen atoms in total. The monoisotopic (exact) mass is 541 g/mol. The van der Waals surface area contributed by atoms with Crippen molar-refractivity contribution in [3.05, 3.63) is 51.9 Å². The summed E-state index contributed by atoms with van der Waals surface area (Å²) in [6.07, 6.45) is -3.21. The van der Waals surface area contributed by atoms with Gasteiger partial charge < -0.3 is 19.1 Å². The maximum Gasteiger partial charge on any atom is 0.423 e. The average molecular weight is 542 g/mol. The number of anilines is 1. The Bertz CT molecular complexity index is 1150. The zero-order chi connectivity index (χ0) is 27.4. The van der Waals surface area contributed by atoms with Crippen molar-refractivity contribution in [3.63, 3.8) is 0 Å². The maximum absolute atomic E-state index is 14.1. The van der Waals surface area contributed by atoms with E-state index in [2.05, 4.69) is 24.7 Å². The third-order valence-electron chi connectivity index (χ3n) is 6.15. The first kappa shape index (κ1) is 28.7. The van der Waals surface area contributed by atoms with E-state index >= 15 is 0 Å². The van der Waals surface area contributed by atoms with Crippen molar-refractivity contribution in [2.75, 3.05) is 31.8 Å². The van der Waals surface area contributed by atoms with Crippen molar-refractivity contribution < 1.29 is 32.2 Å². The Morgan fingerprint density at radius 2 is 1.97 bits per heavy atom. The molecule has 1 aromatic heterocycles. The van der Waals surface area contributed by atoms with Crippen LogP contribution in [-0.4, -0.2) is 56.7 Å². The number of ether oxygens (including phenoxy) is 3. The lowest BCUT2D eigenvalue weighted by Crippen LogP contribution is -2.40. The van der Waals surface area contributed by atoms with Gasteiger partial charge in [0.25, 0.3) is 5.56 Å². The number of halogens is 3. The molecule has 1 aromatic carbocycles. The maximum atomic E-state index is 14.1. The molecule has 0 spiro atoms. The molecule has 0 radical (unpaired) electrons. The molecule has 12 heteroatoms. The third kappa shape index (κ3) is 7.57. The molecule has 2 aromatic rings. The summed E-state index contributed by atoms with van der Waals surface area (Å²) in [6.45, 7) is 8.80. The summed E-state index contributed by atoms with van der Waals surface area (Å²) in [5, 5.41) is 4.01. The Kier molecular flexibility index (Phi) is 9.06. The molecule has 1 saturated heterocycles. The van der Waals surface area contributed by atoms with Crippen LogP contribution in [0.15, 0.2) is 35.3 Å². The van der Waals surface area contributed by atoms with Crippen LogP contribution in [0.2, 0.25) is 25.7 Å². The van der Waals surface area contributed by atoms with Gasteiger partial charge in [-0.25, -0.2) is 9.48 Å². The van der Waals surface area contributed by atoms with Crippen LogP contribution in [0.4, 0.5) is 18.9 Å². The molecular formula is C25H34F3N3O5Si.